The van der Waals surface area contributed by atoms with Crippen LogP contribution >= 0.6 is 15.9 Å². The van der Waals surface area contributed by atoms with Crippen LogP contribution < -0.4 is 10.1 Å². The van der Waals surface area contributed by atoms with E-state index in [2.05, 4.69) is 45.5 Å². The van der Waals surface area contributed by atoms with Crippen LogP contribution in [0, 0.1) is 16.0 Å². The van der Waals surface area contributed by atoms with E-state index in [0.29, 0.717) is 5.75 Å². The van der Waals surface area contributed by atoms with Gasteiger partial charge in [-0.25, -0.2) is 0 Å². The second-order valence-corrected chi connectivity index (χ2v) is 7.28. The number of nitrogens with one attached hydrogen (secondary N) is 1. The van der Waals surface area contributed by atoms with E-state index in [9.17, 15) is 10.1 Å². The number of hydrogen-bond acceptors (Lipinski definition) is 4. The van der Waals surface area contributed by atoms with Gasteiger partial charge in [0.15, 0.2) is 0 Å². The third-order valence-electron chi connectivity index (χ3n) is 5.08. The molecule has 0 amide bonds. The van der Waals surface area contributed by atoms with Crippen molar-refractivity contribution in [3.8, 4) is 5.75 Å². The summed E-state index contributed by atoms with van der Waals surface area (Å²) in [5.41, 5.74) is 2.77. The van der Waals surface area contributed by atoms with Crippen molar-refractivity contribution in [2.45, 2.75) is 18.4 Å². The van der Waals surface area contributed by atoms with Crippen LogP contribution in [0.1, 0.15) is 29.5 Å². The van der Waals surface area contributed by atoms with Gasteiger partial charge in [-0.3, -0.25) is 10.1 Å². The minimum absolute atomic E-state index is 0.00994. The molecular formula is C19H17BrN2O3. The highest BCUT2D eigenvalue weighted by atomic mass is 79.9. The molecule has 3 atom stereocenters. The average molecular weight is 401 g/mol. The lowest BCUT2D eigenvalue weighted by Gasteiger charge is -2.37. The van der Waals surface area contributed by atoms with Crippen LogP contribution in [-0.2, 0) is 0 Å². The minimum Gasteiger partial charge on any atom is -0.495 e. The highest BCUT2D eigenvalue weighted by Gasteiger charge is 2.42. The van der Waals surface area contributed by atoms with Crippen LogP contribution in [0.2, 0.25) is 0 Å². The van der Waals surface area contributed by atoms with Crippen molar-refractivity contribution in [2.24, 2.45) is 5.92 Å². The Bertz CT molecular complexity index is 881. The summed E-state index contributed by atoms with van der Waals surface area (Å²) in [6.45, 7) is 0. The zero-order chi connectivity index (χ0) is 17.6. The summed E-state index contributed by atoms with van der Waals surface area (Å²) in [5, 5.41) is 15.1. The largest absolute Gasteiger partial charge is 0.495 e. The van der Waals surface area contributed by atoms with Crippen molar-refractivity contribution in [3.63, 3.8) is 0 Å². The van der Waals surface area contributed by atoms with Gasteiger partial charge in [0.2, 0.25) is 0 Å². The van der Waals surface area contributed by atoms with Crippen molar-refractivity contribution in [2.75, 3.05) is 12.4 Å². The maximum absolute atomic E-state index is 11.6. The van der Waals surface area contributed by atoms with Gasteiger partial charge in [-0.05, 0) is 36.1 Å². The fourth-order valence-corrected chi connectivity index (χ4v) is 4.44. The third-order valence-corrected chi connectivity index (χ3v) is 5.58. The van der Waals surface area contributed by atoms with Crippen molar-refractivity contribution in [1.82, 2.24) is 0 Å². The van der Waals surface area contributed by atoms with Crippen molar-refractivity contribution >= 4 is 27.3 Å². The number of ether oxygens (including phenoxy) is 1. The molecule has 25 heavy (non-hydrogen) atoms. The van der Waals surface area contributed by atoms with E-state index >= 15 is 0 Å². The molecule has 0 fully saturated rings. The topological polar surface area (TPSA) is 64.4 Å². The molecule has 1 aliphatic carbocycles. The van der Waals surface area contributed by atoms with Gasteiger partial charge in [0, 0.05) is 16.5 Å². The summed E-state index contributed by atoms with van der Waals surface area (Å²) >= 11 is 3.53. The molecule has 5 nitrogen and oxygen atoms in total. The van der Waals surface area contributed by atoms with Gasteiger partial charge in [0.25, 0.3) is 5.69 Å². The Morgan fingerprint density at radius 3 is 2.88 bits per heavy atom. The van der Waals surface area contributed by atoms with Crippen LogP contribution in [0.15, 0.2) is 53.0 Å². The minimum atomic E-state index is -0.303. The molecule has 1 heterocycles. The van der Waals surface area contributed by atoms with Gasteiger partial charge in [0.1, 0.15) is 5.75 Å². The fraction of sp³-hybridized carbons (Fsp3) is 0.263. The first-order chi connectivity index (χ1) is 12.1. The molecule has 0 saturated carbocycles. The van der Waals surface area contributed by atoms with E-state index in [4.69, 9.17) is 4.74 Å². The van der Waals surface area contributed by atoms with E-state index in [0.717, 1.165) is 27.7 Å². The third kappa shape index (κ3) is 2.61. The summed E-state index contributed by atoms with van der Waals surface area (Å²) in [4.78, 5) is 11.3. The number of allylic oxidation sites excluding steroid dienone is 2. The summed E-state index contributed by atoms with van der Waals surface area (Å²) in [6.07, 6.45) is 5.12. The maximum atomic E-state index is 11.6. The number of nitrogens with zero attached hydrogens (tertiary/aromatic N) is 1. The molecule has 0 unspecified atom stereocenters. The second-order valence-electron chi connectivity index (χ2n) is 6.36. The van der Waals surface area contributed by atoms with E-state index < -0.39 is 0 Å². The molecule has 0 aromatic heterocycles. The zero-order valence-corrected chi connectivity index (χ0v) is 15.2. The zero-order valence-electron chi connectivity index (χ0n) is 13.6. The molecule has 1 aliphatic heterocycles. The Morgan fingerprint density at radius 1 is 1.32 bits per heavy atom. The predicted molar refractivity (Wildman–Crippen MR) is 100 cm³/mol. The number of hydrogen-bond donors (Lipinski definition) is 1. The standard InChI is InChI=1S/C19H17BrN2O3/c1-25-16-9-8-15(22(23)24)17-13-6-3-7-14(13)18(21-19(16)17)11-4-2-5-12(20)10-11/h2-6,8-10,13-14,18,21H,7H2,1H3/t13-,14-,18-/m1/s1. The lowest BCUT2D eigenvalue weighted by atomic mass is 9.76. The Morgan fingerprint density at radius 2 is 2.16 bits per heavy atom. The number of methoxy groups -OCH3 is 1. The first-order valence-corrected chi connectivity index (χ1v) is 8.93. The van der Waals surface area contributed by atoms with Crippen LogP contribution in [0.5, 0.6) is 5.75 Å². The number of anilines is 1. The van der Waals surface area contributed by atoms with Crippen molar-refractivity contribution < 1.29 is 9.66 Å². The quantitative estimate of drug-likeness (QED) is 0.437. The van der Waals surface area contributed by atoms with Gasteiger partial charge in [-0.15, -0.1) is 0 Å². The predicted octanol–water partition coefficient (Wildman–Crippen LogP) is 5.19. The highest BCUT2D eigenvalue weighted by Crippen LogP contribution is 2.54. The number of benzene rings is 2. The molecule has 2 aromatic carbocycles. The first kappa shape index (κ1) is 16.1. The lowest BCUT2D eigenvalue weighted by molar-refractivity contribution is -0.385. The van der Waals surface area contributed by atoms with E-state index in [1.54, 1.807) is 19.2 Å². The van der Waals surface area contributed by atoms with E-state index in [1.807, 2.05) is 12.1 Å². The summed E-state index contributed by atoms with van der Waals surface area (Å²) in [7, 11) is 1.59. The highest BCUT2D eigenvalue weighted by molar-refractivity contribution is 9.10. The normalized spacial score (nSPS) is 23.5. The van der Waals surface area contributed by atoms with Crippen molar-refractivity contribution in [3.05, 3.63) is 74.3 Å². The van der Waals surface area contributed by atoms with Gasteiger partial charge in [-0.1, -0.05) is 40.2 Å². The lowest BCUT2D eigenvalue weighted by Crippen LogP contribution is -2.30. The Balaban J connectivity index is 1.89. The molecule has 4 rings (SSSR count). The monoisotopic (exact) mass is 400 g/mol. The summed E-state index contributed by atoms with van der Waals surface area (Å²) < 4.78 is 6.50. The molecule has 1 N–H and O–H groups in total. The van der Waals surface area contributed by atoms with Crippen LogP contribution in [0.25, 0.3) is 0 Å². The molecule has 0 radical (unpaired) electrons. The SMILES string of the molecule is COc1ccc([N+](=O)[O-])c2c1N[C@H](c1cccc(Br)c1)[C@@H]1CC=C[C@@H]21. The molecule has 6 heteroatoms. The Labute approximate surface area is 154 Å². The fourth-order valence-electron chi connectivity index (χ4n) is 4.02. The van der Waals surface area contributed by atoms with Gasteiger partial charge < -0.3 is 10.1 Å². The van der Waals surface area contributed by atoms with E-state index in [1.165, 1.54) is 0 Å². The molecule has 0 bridgehead atoms. The first-order valence-electron chi connectivity index (χ1n) is 8.14. The number of fused-ring (bicyclic) bond motifs is 3. The molecule has 2 aliphatic rings. The van der Waals surface area contributed by atoms with Gasteiger partial charge in [0.05, 0.1) is 29.3 Å². The Kier molecular flexibility index (Phi) is 4.00. The molecular weight excluding hydrogens is 384 g/mol. The number of nitro benzene ring substituents is 1. The maximum Gasteiger partial charge on any atom is 0.275 e. The molecule has 2 aromatic rings. The number of rotatable bonds is 3. The summed E-state index contributed by atoms with van der Waals surface area (Å²) in [6, 6.07) is 11.5. The van der Waals surface area contributed by atoms with Crippen LogP contribution in [0.3, 0.4) is 0 Å². The van der Waals surface area contributed by atoms with Crippen LogP contribution in [0.4, 0.5) is 11.4 Å². The molecule has 128 valence electrons. The summed E-state index contributed by atoms with van der Waals surface area (Å²) in [5.74, 6) is 0.891. The molecule has 0 saturated heterocycles. The second kappa shape index (κ2) is 6.19. The number of nitro groups is 1. The average Bonchev–Trinajstić information content (AvgIpc) is 3.09. The number of halogens is 1. The van der Waals surface area contributed by atoms with Crippen molar-refractivity contribution in [1.29, 1.82) is 0 Å². The van der Waals surface area contributed by atoms with Gasteiger partial charge >= 0.3 is 0 Å². The van der Waals surface area contributed by atoms with Crippen LogP contribution in [-0.4, -0.2) is 12.0 Å². The van der Waals surface area contributed by atoms with E-state index in [-0.39, 0.29) is 28.5 Å². The molecule has 0 spiro atoms. The smallest absolute Gasteiger partial charge is 0.275 e. The van der Waals surface area contributed by atoms with Gasteiger partial charge in [-0.2, -0.15) is 0 Å². The Hall–Kier alpha value is -2.34.